The van der Waals surface area contributed by atoms with Crippen molar-refractivity contribution in [1.29, 1.82) is 0 Å². The van der Waals surface area contributed by atoms with Crippen LogP contribution >= 0.6 is 0 Å². The average Bonchev–Trinajstić information content (AvgIpc) is 2.45. The predicted octanol–water partition coefficient (Wildman–Crippen LogP) is 2.51. The molecule has 0 saturated heterocycles. The summed E-state index contributed by atoms with van der Waals surface area (Å²) in [7, 11) is 3.35. The molecule has 0 radical (unpaired) electrons. The third kappa shape index (κ3) is 6.26. The van der Waals surface area contributed by atoms with Crippen molar-refractivity contribution < 1.29 is 14.2 Å². The third-order valence-electron chi connectivity index (χ3n) is 2.98. The summed E-state index contributed by atoms with van der Waals surface area (Å²) < 4.78 is 16.2. The first-order chi connectivity index (χ1) is 9.67. The van der Waals surface area contributed by atoms with Crippen molar-refractivity contribution in [3.63, 3.8) is 0 Å². The van der Waals surface area contributed by atoms with Crippen LogP contribution in [0.1, 0.15) is 19.4 Å². The van der Waals surface area contributed by atoms with Gasteiger partial charge in [0.1, 0.15) is 11.5 Å². The van der Waals surface area contributed by atoms with Gasteiger partial charge in [0, 0.05) is 12.1 Å². The van der Waals surface area contributed by atoms with Crippen molar-refractivity contribution in [2.45, 2.75) is 20.3 Å². The molecule has 20 heavy (non-hydrogen) atoms. The molecule has 0 aliphatic carbocycles. The van der Waals surface area contributed by atoms with Gasteiger partial charge in [-0.2, -0.15) is 0 Å². The van der Waals surface area contributed by atoms with Crippen LogP contribution in [0, 0.1) is 5.92 Å². The largest absolute Gasteiger partial charge is 0.497 e. The van der Waals surface area contributed by atoms with Gasteiger partial charge in [-0.3, -0.25) is 0 Å². The molecule has 0 aliphatic heterocycles. The van der Waals surface area contributed by atoms with E-state index in [-0.39, 0.29) is 0 Å². The van der Waals surface area contributed by atoms with Crippen LogP contribution in [0.15, 0.2) is 18.2 Å². The highest BCUT2D eigenvalue weighted by Gasteiger charge is 2.05. The lowest BCUT2D eigenvalue weighted by atomic mass is 10.1. The molecule has 1 aromatic carbocycles. The van der Waals surface area contributed by atoms with E-state index in [0.717, 1.165) is 43.2 Å². The van der Waals surface area contributed by atoms with E-state index in [0.29, 0.717) is 12.5 Å². The molecule has 0 heterocycles. The number of ether oxygens (including phenoxy) is 3. The van der Waals surface area contributed by atoms with Crippen LogP contribution in [0.2, 0.25) is 0 Å². The molecular formula is C16H27NO3. The number of hydrogen-bond donors (Lipinski definition) is 1. The van der Waals surface area contributed by atoms with E-state index in [2.05, 4.69) is 19.2 Å². The van der Waals surface area contributed by atoms with Crippen LogP contribution < -0.4 is 14.8 Å². The summed E-state index contributed by atoms with van der Waals surface area (Å²) in [5, 5.41) is 3.35. The zero-order chi connectivity index (χ0) is 14.8. The van der Waals surface area contributed by atoms with Crippen LogP contribution in [-0.4, -0.2) is 40.5 Å². The fourth-order valence-electron chi connectivity index (χ4n) is 1.90. The Morgan fingerprint density at radius 3 is 2.55 bits per heavy atom. The summed E-state index contributed by atoms with van der Waals surface area (Å²) in [4.78, 5) is 0. The summed E-state index contributed by atoms with van der Waals surface area (Å²) in [5.41, 5.74) is 1.11. The molecule has 0 fully saturated rings. The van der Waals surface area contributed by atoms with Crippen LogP contribution in [0.3, 0.4) is 0 Å². The van der Waals surface area contributed by atoms with Crippen LogP contribution in [0.25, 0.3) is 0 Å². The van der Waals surface area contributed by atoms with E-state index in [1.54, 1.807) is 14.2 Å². The summed E-state index contributed by atoms with van der Waals surface area (Å²) in [6.07, 6.45) is 0.824. The summed E-state index contributed by atoms with van der Waals surface area (Å²) in [6.45, 7) is 7.75. The maximum Gasteiger partial charge on any atom is 0.122 e. The smallest absolute Gasteiger partial charge is 0.122 e. The molecular weight excluding hydrogens is 254 g/mol. The molecule has 4 heteroatoms. The van der Waals surface area contributed by atoms with E-state index in [1.165, 1.54) is 0 Å². The normalized spacial score (nSPS) is 10.8. The molecule has 4 nitrogen and oxygen atoms in total. The summed E-state index contributed by atoms with van der Waals surface area (Å²) in [6, 6.07) is 5.83. The van der Waals surface area contributed by atoms with Crippen molar-refractivity contribution in [1.82, 2.24) is 5.32 Å². The summed E-state index contributed by atoms with van der Waals surface area (Å²) >= 11 is 0. The molecule has 1 N–H and O–H groups in total. The number of methoxy groups -OCH3 is 2. The van der Waals surface area contributed by atoms with Gasteiger partial charge in [-0.25, -0.2) is 0 Å². The Morgan fingerprint density at radius 2 is 1.90 bits per heavy atom. The Labute approximate surface area is 122 Å². The standard InChI is InChI=1S/C16H27NO3/c1-13(2)12-17-8-10-20-9-7-14-11-15(18-3)5-6-16(14)19-4/h5-6,11,13,17H,7-10,12H2,1-4H3. The Hall–Kier alpha value is -1.26. The first-order valence-electron chi connectivity index (χ1n) is 7.16. The molecule has 0 unspecified atom stereocenters. The van der Waals surface area contributed by atoms with Gasteiger partial charge in [0.05, 0.1) is 27.4 Å². The topological polar surface area (TPSA) is 39.7 Å². The minimum absolute atomic E-state index is 0.677. The highest BCUT2D eigenvalue weighted by Crippen LogP contribution is 2.24. The van der Waals surface area contributed by atoms with Gasteiger partial charge in [0.15, 0.2) is 0 Å². The van der Waals surface area contributed by atoms with Crippen molar-refractivity contribution in [2.75, 3.05) is 40.5 Å². The molecule has 0 aromatic heterocycles. The molecule has 0 atom stereocenters. The van der Waals surface area contributed by atoms with Gasteiger partial charge >= 0.3 is 0 Å². The maximum absolute atomic E-state index is 5.63. The minimum atomic E-state index is 0.677. The van der Waals surface area contributed by atoms with E-state index in [4.69, 9.17) is 14.2 Å². The molecule has 1 aromatic rings. The van der Waals surface area contributed by atoms with Gasteiger partial charge < -0.3 is 19.5 Å². The van der Waals surface area contributed by atoms with Gasteiger partial charge in [-0.15, -0.1) is 0 Å². The second-order valence-electron chi connectivity index (χ2n) is 5.14. The van der Waals surface area contributed by atoms with E-state index in [1.807, 2.05) is 18.2 Å². The van der Waals surface area contributed by atoms with Crippen molar-refractivity contribution in [3.05, 3.63) is 23.8 Å². The summed E-state index contributed by atoms with van der Waals surface area (Å²) in [5.74, 6) is 2.41. The lowest BCUT2D eigenvalue weighted by Gasteiger charge is -2.11. The zero-order valence-corrected chi connectivity index (χ0v) is 13.1. The Balaban J connectivity index is 2.27. The molecule has 0 bridgehead atoms. The van der Waals surface area contributed by atoms with Crippen molar-refractivity contribution in [3.8, 4) is 11.5 Å². The monoisotopic (exact) mass is 281 g/mol. The van der Waals surface area contributed by atoms with Gasteiger partial charge in [0.25, 0.3) is 0 Å². The zero-order valence-electron chi connectivity index (χ0n) is 13.1. The molecule has 0 amide bonds. The lowest BCUT2D eigenvalue weighted by molar-refractivity contribution is 0.138. The number of rotatable bonds is 10. The Morgan fingerprint density at radius 1 is 1.10 bits per heavy atom. The average molecular weight is 281 g/mol. The number of benzene rings is 1. The number of nitrogens with one attached hydrogen (secondary N) is 1. The fourth-order valence-corrected chi connectivity index (χ4v) is 1.90. The highest BCUT2D eigenvalue weighted by molar-refractivity contribution is 5.40. The van der Waals surface area contributed by atoms with Gasteiger partial charge in [-0.05, 0) is 37.1 Å². The highest BCUT2D eigenvalue weighted by atomic mass is 16.5. The Kier molecular flexibility index (Phi) is 8.07. The minimum Gasteiger partial charge on any atom is -0.497 e. The van der Waals surface area contributed by atoms with Crippen molar-refractivity contribution >= 4 is 0 Å². The third-order valence-corrected chi connectivity index (χ3v) is 2.98. The Bertz CT molecular complexity index is 380. The first kappa shape index (κ1) is 16.8. The SMILES string of the molecule is COc1ccc(OC)c(CCOCCNCC(C)C)c1. The second kappa shape index (κ2) is 9.61. The van der Waals surface area contributed by atoms with Crippen LogP contribution in [0.4, 0.5) is 0 Å². The molecule has 0 aliphatic rings. The van der Waals surface area contributed by atoms with E-state index in [9.17, 15) is 0 Å². The van der Waals surface area contributed by atoms with Gasteiger partial charge in [0.2, 0.25) is 0 Å². The lowest BCUT2D eigenvalue weighted by Crippen LogP contribution is -2.24. The van der Waals surface area contributed by atoms with Crippen LogP contribution in [-0.2, 0) is 11.2 Å². The quantitative estimate of drug-likeness (QED) is 0.669. The van der Waals surface area contributed by atoms with Crippen molar-refractivity contribution in [2.24, 2.45) is 5.92 Å². The van der Waals surface area contributed by atoms with E-state index >= 15 is 0 Å². The molecule has 1 rings (SSSR count). The fraction of sp³-hybridized carbons (Fsp3) is 0.625. The van der Waals surface area contributed by atoms with Gasteiger partial charge in [-0.1, -0.05) is 13.8 Å². The maximum atomic E-state index is 5.63. The van der Waals surface area contributed by atoms with E-state index < -0.39 is 0 Å². The van der Waals surface area contributed by atoms with Crippen LogP contribution in [0.5, 0.6) is 11.5 Å². The molecule has 0 spiro atoms. The molecule has 0 saturated carbocycles. The predicted molar refractivity (Wildman–Crippen MR) is 81.8 cm³/mol. The molecule has 114 valence electrons. The number of hydrogen-bond acceptors (Lipinski definition) is 4. The first-order valence-corrected chi connectivity index (χ1v) is 7.16. The second-order valence-corrected chi connectivity index (χ2v) is 5.14.